The number of hydrogen-bond acceptors (Lipinski definition) is 1. The van der Waals surface area contributed by atoms with E-state index in [0.29, 0.717) is 5.69 Å². The quantitative estimate of drug-likeness (QED) is 0.767. The number of hydrogen-bond donors (Lipinski definition) is 1. The molecule has 1 heterocycles. The Morgan fingerprint density at radius 1 is 1.14 bits per heavy atom. The minimum Gasteiger partial charge on any atom is -0.340 e. The summed E-state index contributed by atoms with van der Waals surface area (Å²) in [5, 5.41) is 4.17. The Bertz CT molecular complexity index is 846. The predicted molar refractivity (Wildman–Crippen MR) is 91.4 cm³/mol. The predicted octanol–water partition coefficient (Wildman–Crippen LogP) is 4.30. The maximum atomic E-state index is 12.7. The lowest BCUT2D eigenvalue weighted by atomic mass is 10.1. The highest BCUT2D eigenvalue weighted by molar-refractivity contribution is 6.07. The summed E-state index contributed by atoms with van der Waals surface area (Å²) in [6.07, 6.45) is 0.895. The Kier molecular flexibility index (Phi) is 3.72. The van der Waals surface area contributed by atoms with Crippen molar-refractivity contribution in [3.63, 3.8) is 0 Å². The third kappa shape index (κ3) is 2.39. The van der Waals surface area contributed by atoms with Crippen LogP contribution in [0, 0.1) is 6.92 Å². The zero-order valence-corrected chi connectivity index (χ0v) is 13.2. The van der Waals surface area contributed by atoms with Gasteiger partial charge in [0.05, 0.1) is 0 Å². The number of nitrogens with zero attached hydrogens (tertiary/aromatic N) is 1. The van der Waals surface area contributed by atoms with Crippen LogP contribution < -0.4 is 5.32 Å². The van der Waals surface area contributed by atoms with Crippen molar-refractivity contribution >= 4 is 22.5 Å². The van der Waals surface area contributed by atoms with Crippen LogP contribution in [0.25, 0.3) is 10.9 Å². The third-order valence-corrected chi connectivity index (χ3v) is 4.16. The Labute approximate surface area is 130 Å². The lowest BCUT2D eigenvalue weighted by Crippen LogP contribution is -2.17. The van der Waals surface area contributed by atoms with Gasteiger partial charge in [0, 0.05) is 23.6 Å². The Hall–Kier alpha value is -2.55. The maximum absolute atomic E-state index is 12.7. The number of benzene rings is 2. The molecule has 0 bridgehead atoms. The van der Waals surface area contributed by atoms with Gasteiger partial charge in [0.15, 0.2) is 0 Å². The summed E-state index contributed by atoms with van der Waals surface area (Å²) in [4.78, 5) is 12.7. The molecule has 112 valence electrons. The number of nitrogens with one attached hydrogen (secondary N) is 1. The molecule has 3 nitrogen and oxygen atoms in total. The maximum Gasteiger partial charge on any atom is 0.272 e. The monoisotopic (exact) mass is 292 g/mol. The third-order valence-electron chi connectivity index (χ3n) is 4.16. The summed E-state index contributed by atoms with van der Waals surface area (Å²) < 4.78 is 1.94. The molecule has 0 saturated carbocycles. The summed E-state index contributed by atoms with van der Waals surface area (Å²) in [6.45, 7) is 4.12. The average molecular weight is 292 g/mol. The minimum absolute atomic E-state index is 0.0669. The Balaban J connectivity index is 1.99. The molecule has 1 amide bonds. The molecule has 3 rings (SSSR count). The molecule has 0 saturated heterocycles. The molecular weight excluding hydrogens is 272 g/mol. The van der Waals surface area contributed by atoms with Crippen LogP contribution in [-0.4, -0.2) is 10.5 Å². The van der Waals surface area contributed by atoms with E-state index in [0.717, 1.165) is 34.1 Å². The molecule has 0 radical (unpaired) electrons. The van der Waals surface area contributed by atoms with Gasteiger partial charge in [-0.2, -0.15) is 0 Å². The average Bonchev–Trinajstić information content (AvgIpc) is 2.87. The molecule has 0 aliphatic heterocycles. The number of para-hydroxylation sites is 2. The van der Waals surface area contributed by atoms with E-state index in [1.54, 1.807) is 0 Å². The van der Waals surface area contributed by atoms with Crippen LogP contribution in [-0.2, 0) is 13.5 Å². The second-order valence-electron chi connectivity index (χ2n) is 5.56. The van der Waals surface area contributed by atoms with Crippen molar-refractivity contribution in [3.8, 4) is 0 Å². The zero-order chi connectivity index (χ0) is 15.7. The smallest absolute Gasteiger partial charge is 0.272 e. The number of aryl methyl sites for hydroxylation is 3. The van der Waals surface area contributed by atoms with Crippen molar-refractivity contribution in [3.05, 3.63) is 65.4 Å². The largest absolute Gasteiger partial charge is 0.340 e. The van der Waals surface area contributed by atoms with Crippen molar-refractivity contribution in [2.45, 2.75) is 20.3 Å². The fraction of sp³-hybridized carbons (Fsp3) is 0.211. The summed E-state index contributed by atoms with van der Waals surface area (Å²) in [6, 6.07) is 16.1. The van der Waals surface area contributed by atoms with Gasteiger partial charge in [-0.15, -0.1) is 0 Å². The summed E-state index contributed by atoms with van der Waals surface area (Å²) in [5.41, 5.74) is 4.92. The van der Waals surface area contributed by atoms with E-state index < -0.39 is 0 Å². The van der Waals surface area contributed by atoms with Crippen LogP contribution in [0.3, 0.4) is 0 Å². The SMILES string of the molecule is CCc1cccc(C)c1NC(=O)c1cc2ccccc2n1C. The summed E-state index contributed by atoms with van der Waals surface area (Å²) in [5.74, 6) is -0.0669. The van der Waals surface area contributed by atoms with Crippen molar-refractivity contribution in [1.82, 2.24) is 4.57 Å². The number of fused-ring (bicyclic) bond motifs is 1. The van der Waals surface area contributed by atoms with Gasteiger partial charge >= 0.3 is 0 Å². The number of rotatable bonds is 3. The first kappa shape index (κ1) is 14.4. The van der Waals surface area contributed by atoms with Gasteiger partial charge in [-0.05, 0) is 36.6 Å². The van der Waals surface area contributed by atoms with E-state index >= 15 is 0 Å². The molecule has 3 aromatic rings. The van der Waals surface area contributed by atoms with E-state index in [2.05, 4.69) is 18.3 Å². The molecule has 22 heavy (non-hydrogen) atoms. The molecular formula is C19H20N2O. The standard InChI is InChI=1S/C19H20N2O/c1-4-14-10-7-8-13(2)18(14)20-19(22)17-12-15-9-5-6-11-16(15)21(17)3/h5-12H,4H2,1-3H3,(H,20,22). The van der Waals surface area contributed by atoms with E-state index in [1.807, 2.05) is 61.0 Å². The van der Waals surface area contributed by atoms with E-state index in [4.69, 9.17) is 0 Å². The number of amides is 1. The molecule has 1 N–H and O–H groups in total. The van der Waals surface area contributed by atoms with Crippen molar-refractivity contribution < 1.29 is 4.79 Å². The van der Waals surface area contributed by atoms with E-state index in [9.17, 15) is 4.79 Å². The molecule has 0 spiro atoms. The van der Waals surface area contributed by atoms with E-state index in [1.165, 1.54) is 0 Å². The highest BCUT2D eigenvalue weighted by Crippen LogP contribution is 2.23. The van der Waals surface area contributed by atoms with Gasteiger partial charge in [-0.1, -0.05) is 43.3 Å². The minimum atomic E-state index is -0.0669. The first-order chi connectivity index (χ1) is 10.6. The second-order valence-corrected chi connectivity index (χ2v) is 5.56. The summed E-state index contributed by atoms with van der Waals surface area (Å²) >= 11 is 0. The van der Waals surface area contributed by atoms with Crippen LogP contribution in [0.5, 0.6) is 0 Å². The number of carbonyl (C=O) groups is 1. The fourth-order valence-corrected chi connectivity index (χ4v) is 2.89. The molecule has 2 aromatic carbocycles. The van der Waals surface area contributed by atoms with Crippen LogP contribution in [0.1, 0.15) is 28.5 Å². The molecule has 0 unspecified atom stereocenters. The number of aromatic nitrogens is 1. The molecule has 1 aromatic heterocycles. The van der Waals surface area contributed by atoms with Crippen LogP contribution >= 0.6 is 0 Å². The van der Waals surface area contributed by atoms with Gasteiger partial charge < -0.3 is 9.88 Å². The normalized spacial score (nSPS) is 10.9. The molecule has 0 aliphatic rings. The highest BCUT2D eigenvalue weighted by Gasteiger charge is 2.15. The Morgan fingerprint density at radius 2 is 1.91 bits per heavy atom. The van der Waals surface area contributed by atoms with Gasteiger partial charge in [-0.25, -0.2) is 0 Å². The van der Waals surface area contributed by atoms with Crippen molar-refractivity contribution in [2.24, 2.45) is 7.05 Å². The summed E-state index contributed by atoms with van der Waals surface area (Å²) in [7, 11) is 1.93. The van der Waals surface area contributed by atoms with E-state index in [-0.39, 0.29) is 5.91 Å². The molecule has 3 heteroatoms. The molecule has 0 aliphatic carbocycles. The molecule has 0 atom stereocenters. The zero-order valence-electron chi connectivity index (χ0n) is 13.2. The van der Waals surface area contributed by atoms with Gasteiger partial charge in [0.1, 0.15) is 5.69 Å². The van der Waals surface area contributed by atoms with Crippen LogP contribution in [0.2, 0.25) is 0 Å². The number of carbonyl (C=O) groups excluding carboxylic acids is 1. The number of anilines is 1. The van der Waals surface area contributed by atoms with Crippen LogP contribution in [0.4, 0.5) is 5.69 Å². The lowest BCUT2D eigenvalue weighted by Gasteiger charge is -2.13. The molecule has 0 fully saturated rings. The second kappa shape index (κ2) is 5.68. The first-order valence-electron chi connectivity index (χ1n) is 7.56. The first-order valence-corrected chi connectivity index (χ1v) is 7.56. The van der Waals surface area contributed by atoms with Crippen molar-refractivity contribution in [2.75, 3.05) is 5.32 Å². The highest BCUT2D eigenvalue weighted by atomic mass is 16.1. The van der Waals surface area contributed by atoms with Gasteiger partial charge in [0.2, 0.25) is 0 Å². The lowest BCUT2D eigenvalue weighted by molar-refractivity contribution is 0.101. The topological polar surface area (TPSA) is 34.0 Å². The Morgan fingerprint density at radius 3 is 2.64 bits per heavy atom. The van der Waals surface area contributed by atoms with Crippen molar-refractivity contribution in [1.29, 1.82) is 0 Å². The van der Waals surface area contributed by atoms with Gasteiger partial charge in [0.25, 0.3) is 5.91 Å². The van der Waals surface area contributed by atoms with Gasteiger partial charge in [-0.3, -0.25) is 4.79 Å². The fourth-order valence-electron chi connectivity index (χ4n) is 2.89. The van der Waals surface area contributed by atoms with Crippen LogP contribution in [0.15, 0.2) is 48.5 Å².